The lowest BCUT2D eigenvalue weighted by Gasteiger charge is -2.13. The third-order valence-electron chi connectivity index (χ3n) is 3.14. The fourth-order valence-corrected chi connectivity index (χ4v) is 1.94. The Morgan fingerprint density at radius 1 is 1.08 bits per heavy atom. The van der Waals surface area contributed by atoms with Gasteiger partial charge in [-0.1, -0.05) is 42.5 Å². The second-order valence-corrected chi connectivity index (χ2v) is 4.91. The Morgan fingerprint density at radius 3 is 2.38 bits per heavy atom. The number of aliphatic hydroxyl groups is 1. The summed E-state index contributed by atoms with van der Waals surface area (Å²) in [6, 6.07) is 14.7. The summed E-state index contributed by atoms with van der Waals surface area (Å²) in [5.41, 5.74) is 1.31. The molecule has 0 aromatic heterocycles. The number of nitrogens with one attached hydrogen (secondary N) is 1. The molecule has 2 aromatic rings. The first-order valence-corrected chi connectivity index (χ1v) is 7.22. The van der Waals surface area contributed by atoms with E-state index in [2.05, 4.69) is 10.1 Å². The number of amides is 1. The molecule has 2 rings (SSSR count). The van der Waals surface area contributed by atoms with Crippen LogP contribution in [-0.4, -0.2) is 24.4 Å². The molecule has 24 heavy (non-hydrogen) atoms. The van der Waals surface area contributed by atoms with Crippen molar-refractivity contribution in [2.45, 2.75) is 19.3 Å². The van der Waals surface area contributed by atoms with Crippen LogP contribution in [0.15, 0.2) is 54.6 Å². The Kier molecular flexibility index (Phi) is 6.51. The zero-order valence-electron chi connectivity index (χ0n) is 12.7. The van der Waals surface area contributed by atoms with Gasteiger partial charge in [-0.3, -0.25) is 0 Å². The van der Waals surface area contributed by atoms with Gasteiger partial charge in [-0.05, 0) is 23.3 Å². The predicted molar refractivity (Wildman–Crippen MR) is 82.7 cm³/mol. The molecular weight excluding hydrogens is 320 g/mol. The van der Waals surface area contributed by atoms with Crippen LogP contribution in [0.2, 0.25) is 0 Å². The number of benzene rings is 2. The van der Waals surface area contributed by atoms with E-state index < -0.39 is 18.8 Å². The lowest BCUT2D eigenvalue weighted by molar-refractivity contribution is -0.0498. The molecule has 0 saturated heterocycles. The van der Waals surface area contributed by atoms with E-state index in [4.69, 9.17) is 4.74 Å². The highest BCUT2D eigenvalue weighted by molar-refractivity contribution is 5.67. The number of hydrogen-bond donors (Lipinski definition) is 2. The van der Waals surface area contributed by atoms with E-state index in [1.54, 1.807) is 0 Å². The zero-order valence-corrected chi connectivity index (χ0v) is 12.7. The molecule has 1 unspecified atom stereocenters. The van der Waals surface area contributed by atoms with Crippen molar-refractivity contribution < 1.29 is 28.2 Å². The lowest BCUT2D eigenvalue weighted by Crippen LogP contribution is -2.28. The van der Waals surface area contributed by atoms with Crippen LogP contribution in [0.3, 0.4) is 0 Å². The van der Waals surface area contributed by atoms with Gasteiger partial charge in [0.2, 0.25) is 0 Å². The van der Waals surface area contributed by atoms with Crippen LogP contribution >= 0.6 is 0 Å². The Balaban J connectivity index is 1.75. The standard InChI is InChI=1S/C17H17F2NO4/c18-16(19)24-14-8-6-13(7-9-14)15(21)10-20-17(22)23-11-12-4-2-1-3-5-12/h1-9,15-16,21H,10-11H2,(H,20,22). The summed E-state index contributed by atoms with van der Waals surface area (Å²) in [4.78, 5) is 11.6. The molecule has 2 N–H and O–H groups in total. The molecule has 0 aliphatic carbocycles. The first-order chi connectivity index (χ1) is 11.5. The summed E-state index contributed by atoms with van der Waals surface area (Å²) < 4.78 is 33.3. The minimum absolute atomic E-state index is 0.00354. The maximum atomic E-state index is 12.1. The van der Waals surface area contributed by atoms with Gasteiger partial charge in [0.25, 0.3) is 0 Å². The Hall–Kier alpha value is -2.67. The fourth-order valence-electron chi connectivity index (χ4n) is 1.94. The quantitative estimate of drug-likeness (QED) is 0.814. The minimum atomic E-state index is -2.90. The van der Waals surface area contributed by atoms with E-state index in [-0.39, 0.29) is 18.9 Å². The number of carbonyl (C=O) groups excluding carboxylic acids is 1. The van der Waals surface area contributed by atoms with E-state index in [0.717, 1.165) is 5.56 Å². The van der Waals surface area contributed by atoms with Gasteiger partial charge in [-0.25, -0.2) is 4.79 Å². The van der Waals surface area contributed by atoms with Crippen LogP contribution in [0, 0.1) is 0 Å². The van der Waals surface area contributed by atoms with Crippen molar-refractivity contribution in [3.63, 3.8) is 0 Å². The molecule has 0 bridgehead atoms. The third-order valence-corrected chi connectivity index (χ3v) is 3.14. The largest absolute Gasteiger partial charge is 0.445 e. The lowest BCUT2D eigenvalue weighted by atomic mass is 10.1. The van der Waals surface area contributed by atoms with Crippen molar-refractivity contribution in [2.75, 3.05) is 6.54 Å². The van der Waals surface area contributed by atoms with Crippen LogP contribution in [0.25, 0.3) is 0 Å². The molecule has 2 aromatic carbocycles. The number of alkyl halides is 2. The fraction of sp³-hybridized carbons (Fsp3) is 0.235. The molecule has 128 valence electrons. The van der Waals surface area contributed by atoms with Gasteiger partial charge in [-0.2, -0.15) is 8.78 Å². The van der Waals surface area contributed by atoms with Crippen LogP contribution in [0.4, 0.5) is 13.6 Å². The average molecular weight is 337 g/mol. The minimum Gasteiger partial charge on any atom is -0.445 e. The van der Waals surface area contributed by atoms with Gasteiger partial charge in [0.1, 0.15) is 12.4 Å². The molecule has 1 amide bonds. The highest BCUT2D eigenvalue weighted by Crippen LogP contribution is 2.19. The van der Waals surface area contributed by atoms with Gasteiger partial charge < -0.3 is 19.9 Å². The highest BCUT2D eigenvalue weighted by Gasteiger charge is 2.11. The van der Waals surface area contributed by atoms with Crippen LogP contribution in [0.1, 0.15) is 17.2 Å². The molecule has 0 aliphatic heterocycles. The van der Waals surface area contributed by atoms with E-state index in [9.17, 15) is 18.7 Å². The molecule has 7 heteroatoms. The molecular formula is C17H17F2NO4. The van der Waals surface area contributed by atoms with Crippen molar-refractivity contribution in [3.05, 3.63) is 65.7 Å². The van der Waals surface area contributed by atoms with Crippen molar-refractivity contribution in [3.8, 4) is 5.75 Å². The number of rotatable bonds is 7. The van der Waals surface area contributed by atoms with Crippen molar-refractivity contribution >= 4 is 6.09 Å². The molecule has 0 fully saturated rings. The highest BCUT2D eigenvalue weighted by atomic mass is 19.3. The number of alkyl carbamates (subject to hydrolysis) is 1. The van der Waals surface area contributed by atoms with Crippen LogP contribution in [-0.2, 0) is 11.3 Å². The smallest absolute Gasteiger partial charge is 0.407 e. The van der Waals surface area contributed by atoms with E-state index in [1.165, 1.54) is 24.3 Å². The Bertz CT molecular complexity index is 635. The van der Waals surface area contributed by atoms with Crippen LogP contribution < -0.4 is 10.1 Å². The van der Waals surface area contributed by atoms with Gasteiger partial charge in [0.05, 0.1) is 12.6 Å². The molecule has 0 heterocycles. The topological polar surface area (TPSA) is 67.8 Å². The second-order valence-electron chi connectivity index (χ2n) is 4.91. The van der Waals surface area contributed by atoms with Crippen molar-refractivity contribution in [1.29, 1.82) is 0 Å². The SMILES string of the molecule is O=C(NCC(O)c1ccc(OC(F)F)cc1)OCc1ccccc1. The molecule has 1 atom stereocenters. The predicted octanol–water partition coefficient (Wildman–Crippen LogP) is 3.25. The molecule has 0 radical (unpaired) electrons. The van der Waals surface area contributed by atoms with E-state index in [0.29, 0.717) is 5.56 Å². The van der Waals surface area contributed by atoms with Gasteiger partial charge >= 0.3 is 12.7 Å². The molecule has 0 spiro atoms. The van der Waals surface area contributed by atoms with Gasteiger partial charge in [0, 0.05) is 0 Å². The van der Waals surface area contributed by atoms with E-state index >= 15 is 0 Å². The van der Waals surface area contributed by atoms with E-state index in [1.807, 2.05) is 30.3 Å². The number of carbonyl (C=O) groups is 1. The zero-order chi connectivity index (χ0) is 17.4. The third kappa shape index (κ3) is 5.85. The Morgan fingerprint density at radius 2 is 1.75 bits per heavy atom. The summed E-state index contributed by atoms with van der Waals surface area (Å²) in [7, 11) is 0. The summed E-state index contributed by atoms with van der Waals surface area (Å²) in [5, 5.41) is 12.4. The number of aliphatic hydroxyl groups excluding tert-OH is 1. The maximum Gasteiger partial charge on any atom is 0.407 e. The summed E-state index contributed by atoms with van der Waals surface area (Å²) in [6.07, 6.45) is -1.65. The molecule has 5 nitrogen and oxygen atoms in total. The van der Waals surface area contributed by atoms with Gasteiger partial charge in [0.15, 0.2) is 0 Å². The molecule has 0 aliphatic rings. The summed E-state index contributed by atoms with van der Waals surface area (Å²) >= 11 is 0. The first kappa shape index (κ1) is 17.7. The van der Waals surface area contributed by atoms with Crippen molar-refractivity contribution in [1.82, 2.24) is 5.32 Å². The number of ether oxygens (including phenoxy) is 2. The monoisotopic (exact) mass is 337 g/mol. The maximum absolute atomic E-state index is 12.1. The van der Waals surface area contributed by atoms with Crippen LogP contribution in [0.5, 0.6) is 5.75 Å². The van der Waals surface area contributed by atoms with Gasteiger partial charge in [-0.15, -0.1) is 0 Å². The molecule has 0 saturated carbocycles. The number of halogens is 2. The summed E-state index contributed by atoms with van der Waals surface area (Å²) in [6.45, 7) is -2.84. The average Bonchev–Trinajstić information content (AvgIpc) is 2.59. The van der Waals surface area contributed by atoms with Crippen molar-refractivity contribution in [2.24, 2.45) is 0 Å². The summed E-state index contributed by atoms with van der Waals surface area (Å²) in [5.74, 6) is -0.00354. The normalized spacial score (nSPS) is 11.8. The Labute approximate surface area is 137 Å². The number of hydrogen-bond acceptors (Lipinski definition) is 4. The first-order valence-electron chi connectivity index (χ1n) is 7.22. The second kappa shape index (κ2) is 8.83.